The van der Waals surface area contributed by atoms with Gasteiger partial charge in [-0.15, -0.1) is 0 Å². The van der Waals surface area contributed by atoms with E-state index in [-0.39, 0.29) is 0 Å². The predicted molar refractivity (Wildman–Crippen MR) is 66.9 cm³/mol. The fraction of sp³-hybridized carbons (Fsp3) is 0.417. The first-order chi connectivity index (χ1) is 7.77. The van der Waals surface area contributed by atoms with Gasteiger partial charge in [-0.25, -0.2) is 4.98 Å². The van der Waals surface area contributed by atoms with Gasteiger partial charge in [0.25, 0.3) is 0 Å². The Bertz CT molecular complexity index is 353. The van der Waals surface area contributed by atoms with E-state index < -0.39 is 0 Å². The molecule has 3 nitrogen and oxygen atoms in total. The highest BCUT2D eigenvalue weighted by Gasteiger charge is 2.03. The molecule has 0 fully saturated rings. The molecule has 1 aromatic rings. The first-order valence-electron chi connectivity index (χ1n) is 5.37. The van der Waals surface area contributed by atoms with Crippen molar-refractivity contribution in [2.24, 2.45) is 0 Å². The Hall–Kier alpha value is -1.06. The van der Waals surface area contributed by atoms with Crippen LogP contribution in [0.4, 0.5) is 0 Å². The highest BCUT2D eigenvalue weighted by Crippen LogP contribution is 2.22. The third-order valence-electron chi connectivity index (χ3n) is 2.00. The number of rotatable bonds is 6. The largest absolute Gasteiger partial charge is 0.472 e. The van der Waals surface area contributed by atoms with Gasteiger partial charge >= 0.3 is 0 Å². The standard InChI is InChI=1S/C12H17ClN2O/c1-3-5-6-16-12-11(13)7-10(9-15-12)8-14-4-2/h3,5,7,9,14H,4,6,8H2,1-2H3. The van der Waals surface area contributed by atoms with Gasteiger partial charge in [0.2, 0.25) is 5.88 Å². The molecular weight excluding hydrogens is 224 g/mol. The van der Waals surface area contributed by atoms with E-state index in [0.29, 0.717) is 17.5 Å². The molecule has 0 spiro atoms. The lowest BCUT2D eigenvalue weighted by atomic mass is 10.3. The van der Waals surface area contributed by atoms with Crippen LogP contribution in [0.2, 0.25) is 5.02 Å². The molecule has 1 N–H and O–H groups in total. The Morgan fingerprint density at radius 2 is 2.38 bits per heavy atom. The molecule has 88 valence electrons. The minimum absolute atomic E-state index is 0.486. The number of aromatic nitrogens is 1. The molecule has 0 saturated heterocycles. The van der Waals surface area contributed by atoms with Crippen LogP contribution in [-0.2, 0) is 6.54 Å². The lowest BCUT2D eigenvalue weighted by molar-refractivity contribution is 0.348. The molecule has 1 aromatic heterocycles. The normalized spacial score (nSPS) is 10.9. The summed E-state index contributed by atoms with van der Waals surface area (Å²) < 4.78 is 5.39. The first-order valence-corrected chi connectivity index (χ1v) is 5.74. The molecule has 0 bridgehead atoms. The molecule has 0 amide bonds. The van der Waals surface area contributed by atoms with E-state index in [0.717, 1.165) is 18.7 Å². The summed E-state index contributed by atoms with van der Waals surface area (Å²) in [6, 6.07) is 1.88. The molecule has 0 aliphatic carbocycles. The molecule has 0 aromatic carbocycles. The molecule has 16 heavy (non-hydrogen) atoms. The molecule has 0 unspecified atom stereocenters. The third-order valence-corrected chi connectivity index (χ3v) is 2.27. The van der Waals surface area contributed by atoms with Gasteiger partial charge in [-0.3, -0.25) is 0 Å². The number of nitrogens with one attached hydrogen (secondary N) is 1. The van der Waals surface area contributed by atoms with Crippen LogP contribution < -0.4 is 10.1 Å². The molecule has 0 aliphatic rings. The predicted octanol–water partition coefficient (Wildman–Crippen LogP) is 2.80. The van der Waals surface area contributed by atoms with Crippen LogP contribution >= 0.6 is 11.6 Å². The zero-order valence-electron chi connectivity index (χ0n) is 9.66. The van der Waals surface area contributed by atoms with Crippen molar-refractivity contribution in [2.75, 3.05) is 13.2 Å². The van der Waals surface area contributed by atoms with Crippen molar-refractivity contribution in [3.05, 3.63) is 35.0 Å². The minimum atomic E-state index is 0.486. The van der Waals surface area contributed by atoms with Crippen LogP contribution in [-0.4, -0.2) is 18.1 Å². The number of hydrogen-bond acceptors (Lipinski definition) is 3. The van der Waals surface area contributed by atoms with Crippen LogP contribution in [0, 0.1) is 0 Å². The summed E-state index contributed by atoms with van der Waals surface area (Å²) in [7, 11) is 0. The number of nitrogens with zero attached hydrogens (tertiary/aromatic N) is 1. The summed E-state index contributed by atoms with van der Waals surface area (Å²) in [5.41, 5.74) is 1.06. The maximum absolute atomic E-state index is 6.05. The van der Waals surface area contributed by atoms with Gasteiger partial charge in [-0.1, -0.05) is 30.7 Å². The van der Waals surface area contributed by atoms with Gasteiger partial charge in [0.1, 0.15) is 11.6 Å². The summed E-state index contributed by atoms with van der Waals surface area (Å²) in [4.78, 5) is 4.17. The Morgan fingerprint density at radius 3 is 3.00 bits per heavy atom. The number of pyridine rings is 1. The average Bonchev–Trinajstić information content (AvgIpc) is 2.29. The summed E-state index contributed by atoms with van der Waals surface area (Å²) in [6.45, 7) is 6.20. The quantitative estimate of drug-likeness (QED) is 0.777. The molecule has 0 aliphatic heterocycles. The Balaban J connectivity index is 2.60. The van der Waals surface area contributed by atoms with E-state index in [4.69, 9.17) is 16.3 Å². The number of hydrogen-bond donors (Lipinski definition) is 1. The van der Waals surface area contributed by atoms with Gasteiger partial charge in [-0.05, 0) is 25.1 Å². The van der Waals surface area contributed by atoms with Crippen molar-refractivity contribution in [3.63, 3.8) is 0 Å². The minimum Gasteiger partial charge on any atom is -0.472 e. The van der Waals surface area contributed by atoms with Crippen molar-refractivity contribution in [3.8, 4) is 5.88 Å². The smallest absolute Gasteiger partial charge is 0.232 e. The second kappa shape index (κ2) is 7.25. The Labute approximate surface area is 101 Å². The number of allylic oxidation sites excluding steroid dienone is 1. The number of halogens is 1. The van der Waals surface area contributed by atoms with Crippen molar-refractivity contribution in [1.29, 1.82) is 0 Å². The SMILES string of the molecule is CC=CCOc1ncc(CNCC)cc1Cl. The lowest BCUT2D eigenvalue weighted by Gasteiger charge is -2.07. The van der Waals surface area contributed by atoms with Crippen LogP contribution in [0.5, 0.6) is 5.88 Å². The highest BCUT2D eigenvalue weighted by molar-refractivity contribution is 6.31. The zero-order valence-corrected chi connectivity index (χ0v) is 10.4. The maximum atomic E-state index is 6.05. The van der Waals surface area contributed by atoms with E-state index in [1.54, 1.807) is 6.20 Å². The monoisotopic (exact) mass is 240 g/mol. The van der Waals surface area contributed by atoms with Crippen LogP contribution in [0.3, 0.4) is 0 Å². The molecular formula is C12H17ClN2O. The Morgan fingerprint density at radius 1 is 1.56 bits per heavy atom. The summed E-state index contributed by atoms with van der Waals surface area (Å²) in [5.74, 6) is 0.486. The molecule has 0 saturated carbocycles. The lowest BCUT2D eigenvalue weighted by Crippen LogP contribution is -2.12. The van der Waals surface area contributed by atoms with Gasteiger partial charge in [0.05, 0.1) is 0 Å². The van der Waals surface area contributed by atoms with E-state index >= 15 is 0 Å². The molecule has 0 radical (unpaired) electrons. The van der Waals surface area contributed by atoms with E-state index in [1.807, 2.05) is 25.1 Å². The van der Waals surface area contributed by atoms with E-state index in [2.05, 4.69) is 17.2 Å². The van der Waals surface area contributed by atoms with Gasteiger partial charge in [-0.2, -0.15) is 0 Å². The second-order valence-electron chi connectivity index (χ2n) is 3.29. The van der Waals surface area contributed by atoms with E-state index in [1.165, 1.54) is 0 Å². The first kappa shape index (κ1) is 13.0. The zero-order chi connectivity index (χ0) is 11.8. The maximum Gasteiger partial charge on any atom is 0.232 e. The highest BCUT2D eigenvalue weighted by atomic mass is 35.5. The second-order valence-corrected chi connectivity index (χ2v) is 3.70. The van der Waals surface area contributed by atoms with Gasteiger partial charge in [0, 0.05) is 12.7 Å². The van der Waals surface area contributed by atoms with Crippen LogP contribution in [0.25, 0.3) is 0 Å². The van der Waals surface area contributed by atoms with Crippen molar-refractivity contribution >= 4 is 11.6 Å². The fourth-order valence-electron chi connectivity index (χ4n) is 1.16. The van der Waals surface area contributed by atoms with Crippen molar-refractivity contribution < 1.29 is 4.74 Å². The van der Waals surface area contributed by atoms with Crippen molar-refractivity contribution in [1.82, 2.24) is 10.3 Å². The molecule has 4 heteroatoms. The van der Waals surface area contributed by atoms with Crippen LogP contribution in [0.1, 0.15) is 19.4 Å². The topological polar surface area (TPSA) is 34.1 Å². The van der Waals surface area contributed by atoms with Crippen LogP contribution in [0.15, 0.2) is 24.4 Å². The molecule has 1 rings (SSSR count). The van der Waals surface area contributed by atoms with Gasteiger partial charge in [0.15, 0.2) is 0 Å². The van der Waals surface area contributed by atoms with Gasteiger partial charge < -0.3 is 10.1 Å². The fourth-order valence-corrected chi connectivity index (χ4v) is 1.40. The summed E-state index contributed by atoms with van der Waals surface area (Å²) in [5, 5.41) is 3.77. The summed E-state index contributed by atoms with van der Waals surface area (Å²) >= 11 is 6.05. The van der Waals surface area contributed by atoms with Crippen molar-refractivity contribution in [2.45, 2.75) is 20.4 Å². The van der Waals surface area contributed by atoms with E-state index in [9.17, 15) is 0 Å². The molecule has 1 heterocycles. The molecule has 0 atom stereocenters. The average molecular weight is 241 g/mol. The summed E-state index contributed by atoms with van der Waals surface area (Å²) in [6.07, 6.45) is 5.61. The third kappa shape index (κ3) is 4.21. The number of ether oxygens (including phenoxy) is 1. The Kier molecular flexibility index (Phi) is 5.90.